The van der Waals surface area contributed by atoms with Crippen molar-refractivity contribution in [3.63, 3.8) is 0 Å². The van der Waals surface area contributed by atoms with Crippen molar-refractivity contribution in [2.45, 2.75) is 13.3 Å². The molecular weight excluding hydrogens is 448 g/mol. The lowest BCUT2D eigenvalue weighted by molar-refractivity contribution is 0.262. The number of hydrogen-bond acceptors (Lipinski definition) is 5. The van der Waals surface area contributed by atoms with E-state index in [0.29, 0.717) is 22.3 Å². The largest absolute Gasteiger partial charge is 0.495 e. The molecule has 1 aromatic heterocycles. The summed E-state index contributed by atoms with van der Waals surface area (Å²) >= 11 is 0. The summed E-state index contributed by atoms with van der Waals surface area (Å²) in [5, 5.41) is 0.627. The third-order valence-corrected chi connectivity index (χ3v) is 6.92. The van der Waals surface area contributed by atoms with Gasteiger partial charge in [-0.15, -0.1) is 0 Å². The van der Waals surface area contributed by atoms with Crippen molar-refractivity contribution in [3.05, 3.63) is 100 Å². The fourth-order valence-electron chi connectivity index (χ4n) is 4.90. The van der Waals surface area contributed by atoms with Gasteiger partial charge in [0, 0.05) is 49.4 Å². The van der Waals surface area contributed by atoms with E-state index in [4.69, 9.17) is 9.15 Å². The fraction of sp³-hybridized carbons (Fsp3) is 0.258. The zero-order chi connectivity index (χ0) is 24.9. The number of piperazine rings is 1. The number of nitrogens with zero attached hydrogens (tertiary/aromatic N) is 2. The van der Waals surface area contributed by atoms with Crippen molar-refractivity contribution in [2.24, 2.45) is 0 Å². The predicted molar refractivity (Wildman–Crippen MR) is 148 cm³/mol. The van der Waals surface area contributed by atoms with Gasteiger partial charge in [-0.05, 0) is 31.5 Å². The Hall–Kier alpha value is -3.83. The molecule has 0 spiro atoms. The lowest BCUT2D eigenvalue weighted by Crippen LogP contribution is -2.46. The number of para-hydroxylation sites is 3. The maximum Gasteiger partial charge on any atom is 0.196 e. The Kier molecular flexibility index (Phi) is 7.19. The van der Waals surface area contributed by atoms with Crippen LogP contribution in [0.25, 0.3) is 28.4 Å². The molecule has 3 aromatic carbocycles. The van der Waals surface area contributed by atoms with E-state index >= 15 is 0 Å². The van der Waals surface area contributed by atoms with Crippen LogP contribution in [-0.4, -0.2) is 44.7 Å². The molecule has 5 heteroatoms. The molecule has 5 nitrogen and oxygen atoms in total. The summed E-state index contributed by atoms with van der Waals surface area (Å²) in [6, 6.07) is 23.8. The van der Waals surface area contributed by atoms with Crippen LogP contribution in [0, 0.1) is 6.92 Å². The average Bonchev–Trinajstić information content (AvgIpc) is 2.94. The summed E-state index contributed by atoms with van der Waals surface area (Å²) < 4.78 is 11.9. The highest BCUT2D eigenvalue weighted by molar-refractivity contribution is 5.87. The SMILES string of the molecule is COc1ccccc1N1CCN(CCC=Cc2cccc3c(=O)c(C)c(-c4ccccc4)oc23)CC1. The molecule has 4 aromatic rings. The summed E-state index contributed by atoms with van der Waals surface area (Å²) in [4.78, 5) is 18.0. The molecule has 0 N–H and O–H groups in total. The van der Waals surface area contributed by atoms with Gasteiger partial charge in [-0.1, -0.05) is 66.7 Å². The minimum absolute atomic E-state index is 0.0262. The Morgan fingerprint density at radius 2 is 1.67 bits per heavy atom. The standard InChI is InChI=1S/C31H32N2O3/c1-23-29(34)26-15-10-14-25(31(26)36-30(23)24-11-4-3-5-12-24)13-8-9-18-32-19-21-33(22-20-32)27-16-6-7-17-28(27)35-2/h3-8,10-17H,9,18-22H2,1-2H3. The molecule has 0 aliphatic carbocycles. The quantitative estimate of drug-likeness (QED) is 0.325. The van der Waals surface area contributed by atoms with Crippen molar-refractivity contribution in [1.29, 1.82) is 0 Å². The molecule has 1 saturated heterocycles. The monoisotopic (exact) mass is 480 g/mol. The average molecular weight is 481 g/mol. The molecule has 0 amide bonds. The van der Waals surface area contributed by atoms with Gasteiger partial charge in [0.2, 0.25) is 0 Å². The topological polar surface area (TPSA) is 45.9 Å². The second-order valence-corrected chi connectivity index (χ2v) is 9.17. The number of methoxy groups -OCH3 is 1. The van der Waals surface area contributed by atoms with Crippen LogP contribution < -0.4 is 15.1 Å². The Labute approximate surface area is 212 Å². The van der Waals surface area contributed by atoms with Crippen molar-refractivity contribution in [1.82, 2.24) is 4.90 Å². The van der Waals surface area contributed by atoms with E-state index in [-0.39, 0.29) is 5.43 Å². The fourth-order valence-corrected chi connectivity index (χ4v) is 4.90. The lowest BCUT2D eigenvalue weighted by Gasteiger charge is -2.36. The van der Waals surface area contributed by atoms with Gasteiger partial charge in [0.25, 0.3) is 0 Å². The van der Waals surface area contributed by atoms with Crippen LogP contribution in [-0.2, 0) is 0 Å². The molecule has 0 radical (unpaired) electrons. The molecule has 0 atom stereocenters. The van der Waals surface area contributed by atoms with Crippen molar-refractivity contribution >= 4 is 22.7 Å². The van der Waals surface area contributed by atoms with Crippen molar-refractivity contribution in [3.8, 4) is 17.1 Å². The van der Waals surface area contributed by atoms with Crippen LogP contribution in [0.2, 0.25) is 0 Å². The summed E-state index contributed by atoms with van der Waals surface area (Å²) in [5.41, 5.74) is 4.33. The maximum absolute atomic E-state index is 13.1. The van der Waals surface area contributed by atoms with Crippen LogP contribution in [0.15, 0.2) is 88.1 Å². The second-order valence-electron chi connectivity index (χ2n) is 9.17. The van der Waals surface area contributed by atoms with Crippen LogP contribution >= 0.6 is 0 Å². The molecule has 1 fully saturated rings. The van der Waals surface area contributed by atoms with Gasteiger partial charge >= 0.3 is 0 Å². The van der Waals surface area contributed by atoms with Crippen molar-refractivity contribution in [2.75, 3.05) is 44.7 Å². The first-order valence-electron chi connectivity index (χ1n) is 12.5. The minimum atomic E-state index is 0.0262. The highest BCUT2D eigenvalue weighted by Crippen LogP contribution is 2.29. The van der Waals surface area contributed by atoms with Gasteiger partial charge in [-0.2, -0.15) is 0 Å². The normalized spacial score (nSPS) is 14.6. The number of anilines is 1. The molecular formula is C31H32N2O3. The number of hydrogen-bond donors (Lipinski definition) is 0. The Balaban J connectivity index is 1.26. The second kappa shape index (κ2) is 10.8. The van der Waals surface area contributed by atoms with Gasteiger partial charge in [0.15, 0.2) is 5.43 Å². The maximum atomic E-state index is 13.1. The molecule has 2 heterocycles. The van der Waals surface area contributed by atoms with Crippen LogP contribution in [0.4, 0.5) is 5.69 Å². The first kappa shape index (κ1) is 23.9. The van der Waals surface area contributed by atoms with E-state index in [1.165, 1.54) is 5.69 Å². The molecule has 0 saturated carbocycles. The first-order valence-corrected chi connectivity index (χ1v) is 12.5. The zero-order valence-electron chi connectivity index (χ0n) is 20.9. The smallest absolute Gasteiger partial charge is 0.196 e. The van der Waals surface area contributed by atoms with Crippen LogP contribution in [0.1, 0.15) is 17.5 Å². The lowest BCUT2D eigenvalue weighted by atomic mass is 10.0. The molecule has 0 unspecified atom stereocenters. The molecule has 184 valence electrons. The predicted octanol–water partition coefficient (Wildman–Crippen LogP) is 6.00. The summed E-state index contributed by atoms with van der Waals surface area (Å²) in [6.07, 6.45) is 5.20. The molecule has 1 aliphatic heterocycles. The van der Waals surface area contributed by atoms with E-state index in [1.807, 2.05) is 67.6 Å². The van der Waals surface area contributed by atoms with Crippen LogP contribution in [0.3, 0.4) is 0 Å². The highest BCUT2D eigenvalue weighted by Gasteiger charge is 2.19. The third kappa shape index (κ3) is 4.93. The van der Waals surface area contributed by atoms with Crippen molar-refractivity contribution < 1.29 is 9.15 Å². The summed E-state index contributed by atoms with van der Waals surface area (Å²) in [5.74, 6) is 1.57. The Morgan fingerprint density at radius 3 is 2.44 bits per heavy atom. The van der Waals surface area contributed by atoms with Gasteiger partial charge in [0.1, 0.15) is 17.1 Å². The molecule has 1 aliphatic rings. The summed E-state index contributed by atoms with van der Waals surface area (Å²) in [7, 11) is 1.73. The first-order chi connectivity index (χ1) is 17.7. The number of fused-ring (bicyclic) bond motifs is 1. The van der Waals surface area contributed by atoms with E-state index in [2.05, 4.69) is 34.1 Å². The Bertz CT molecular complexity index is 1420. The van der Waals surface area contributed by atoms with Gasteiger partial charge in [0.05, 0.1) is 18.2 Å². The molecule has 0 bridgehead atoms. The number of benzene rings is 3. The van der Waals surface area contributed by atoms with E-state index in [0.717, 1.165) is 56.0 Å². The molecule has 36 heavy (non-hydrogen) atoms. The Morgan fingerprint density at radius 1 is 0.917 bits per heavy atom. The van der Waals surface area contributed by atoms with Gasteiger partial charge < -0.3 is 14.1 Å². The summed E-state index contributed by atoms with van der Waals surface area (Å²) in [6.45, 7) is 6.85. The minimum Gasteiger partial charge on any atom is -0.495 e. The van der Waals surface area contributed by atoms with Gasteiger partial charge in [-0.3, -0.25) is 9.69 Å². The third-order valence-electron chi connectivity index (χ3n) is 6.92. The zero-order valence-corrected chi connectivity index (χ0v) is 20.9. The van der Waals surface area contributed by atoms with Gasteiger partial charge in [-0.25, -0.2) is 0 Å². The van der Waals surface area contributed by atoms with E-state index < -0.39 is 0 Å². The van der Waals surface area contributed by atoms with E-state index in [9.17, 15) is 4.79 Å². The number of ether oxygens (including phenoxy) is 1. The number of rotatable bonds is 7. The highest BCUT2D eigenvalue weighted by atomic mass is 16.5. The van der Waals surface area contributed by atoms with Crippen LogP contribution in [0.5, 0.6) is 5.75 Å². The van der Waals surface area contributed by atoms with E-state index in [1.54, 1.807) is 7.11 Å². The molecule has 5 rings (SSSR count).